The number of nitrogens with one attached hydrogen (secondary N) is 1. The maximum atomic E-state index is 13.4. The fourth-order valence-electron chi connectivity index (χ4n) is 12.1. The fraction of sp³-hybridized carbons (Fsp3) is 0.783. The Morgan fingerprint density at radius 1 is 0.915 bits per heavy atom. The van der Waals surface area contributed by atoms with E-state index in [4.69, 9.17) is 24.7 Å². The second kappa shape index (κ2) is 20.5. The Balaban J connectivity index is 1.04. The molecule has 0 spiro atoms. The molecule has 6 N–H and O–H groups in total. The minimum Gasteiger partial charge on any atom is -0.507 e. The second-order valence-corrected chi connectivity index (χ2v) is 18.8. The highest BCUT2D eigenvalue weighted by molar-refractivity contribution is 5.99. The van der Waals surface area contributed by atoms with E-state index in [1.54, 1.807) is 0 Å². The number of hydrogen-bond acceptors (Lipinski definition) is 11. The first-order chi connectivity index (χ1) is 28.0. The molecule has 13 heteroatoms. The van der Waals surface area contributed by atoms with Gasteiger partial charge in [0.1, 0.15) is 29.8 Å². The maximum Gasteiger partial charge on any atom is 0.306 e. The van der Waals surface area contributed by atoms with Crippen LogP contribution in [0.3, 0.4) is 0 Å². The quantitative estimate of drug-likeness (QED) is 0.0698. The molecule has 4 aliphatic rings. The van der Waals surface area contributed by atoms with Crippen molar-refractivity contribution in [1.82, 2.24) is 5.32 Å². The molecule has 0 aromatic heterocycles. The molecule has 59 heavy (non-hydrogen) atoms. The molecule has 0 bridgehead atoms. The molecule has 5 rings (SSSR count). The third-order valence-electron chi connectivity index (χ3n) is 15.0. The molecule has 4 aliphatic carbocycles. The summed E-state index contributed by atoms with van der Waals surface area (Å²) in [6, 6.07) is 2.95. The van der Waals surface area contributed by atoms with Gasteiger partial charge in [-0.3, -0.25) is 19.2 Å². The Hall–Kier alpha value is -3.26. The van der Waals surface area contributed by atoms with Gasteiger partial charge in [-0.1, -0.05) is 52.5 Å². The molecule has 1 aromatic carbocycles. The first kappa shape index (κ1) is 46.8. The molecule has 13 nitrogen and oxygen atoms in total. The van der Waals surface area contributed by atoms with Gasteiger partial charge in [0.2, 0.25) is 5.91 Å². The van der Waals surface area contributed by atoms with Crippen LogP contribution in [0, 0.1) is 40.4 Å². The predicted octanol–water partition coefficient (Wildman–Crippen LogP) is 5.80. The molecule has 0 radical (unpaired) electrons. The maximum absolute atomic E-state index is 13.4. The van der Waals surface area contributed by atoms with Gasteiger partial charge < -0.3 is 45.3 Å². The smallest absolute Gasteiger partial charge is 0.306 e. The van der Waals surface area contributed by atoms with Crippen molar-refractivity contribution in [3.63, 3.8) is 0 Å². The van der Waals surface area contributed by atoms with Gasteiger partial charge >= 0.3 is 5.97 Å². The average Bonchev–Trinajstić information content (AvgIpc) is 3.56. The van der Waals surface area contributed by atoms with Crippen molar-refractivity contribution < 1.29 is 53.4 Å². The number of unbranched alkanes of at least 4 members (excludes halogenated alkanes) is 3. The zero-order chi connectivity index (χ0) is 43.0. The van der Waals surface area contributed by atoms with Crippen molar-refractivity contribution in [1.29, 1.82) is 0 Å². The van der Waals surface area contributed by atoms with Crippen LogP contribution in [-0.4, -0.2) is 96.8 Å². The molecule has 0 heterocycles. The topological polar surface area (TPSA) is 204 Å². The van der Waals surface area contributed by atoms with E-state index >= 15 is 0 Å². The minimum atomic E-state index is -0.868. The van der Waals surface area contributed by atoms with Gasteiger partial charge in [-0.2, -0.15) is 0 Å². The number of aliphatic hydroxyl groups excluding tert-OH is 1. The molecular weight excluding hydrogens is 757 g/mol. The van der Waals surface area contributed by atoms with Gasteiger partial charge in [0.25, 0.3) is 5.91 Å². The Bertz CT molecular complexity index is 1620. The van der Waals surface area contributed by atoms with Crippen LogP contribution in [0.4, 0.5) is 0 Å². The van der Waals surface area contributed by atoms with Gasteiger partial charge in [0, 0.05) is 30.9 Å². The summed E-state index contributed by atoms with van der Waals surface area (Å²) in [7, 11) is 1.34. The SMILES string of the molecule is CCCCCC[C@](C)(O)[C@H]1CC[C@H]2[C@@H]3C[C@H](OC(=O)CCC(=O)NCCOCCOCC(=O)Cc4ccc(OC)c(C(N)=O)c4O)[C@H]4C[C@@H](O)CC[C@]4(C)[C@H]3CC[C@@]21C. The molecule has 0 saturated heterocycles. The van der Waals surface area contributed by atoms with Crippen molar-refractivity contribution >= 4 is 23.6 Å². The number of esters is 1. The number of aliphatic hydroxyl groups is 2. The highest BCUT2D eigenvalue weighted by Gasteiger charge is 2.64. The molecule has 2 amide bonds. The van der Waals surface area contributed by atoms with Crippen LogP contribution in [0.15, 0.2) is 12.1 Å². The summed E-state index contributed by atoms with van der Waals surface area (Å²) in [6.07, 6.45) is 12.0. The van der Waals surface area contributed by atoms with Crippen LogP contribution in [0.5, 0.6) is 11.5 Å². The number of phenols is 1. The summed E-state index contributed by atoms with van der Waals surface area (Å²) >= 11 is 0. The fourth-order valence-corrected chi connectivity index (χ4v) is 12.1. The lowest BCUT2D eigenvalue weighted by atomic mass is 9.43. The van der Waals surface area contributed by atoms with Crippen molar-refractivity contribution in [2.45, 2.75) is 148 Å². The Labute approximate surface area is 350 Å². The Morgan fingerprint density at radius 3 is 2.37 bits per heavy atom. The van der Waals surface area contributed by atoms with E-state index in [-0.39, 0.29) is 116 Å². The van der Waals surface area contributed by atoms with Crippen molar-refractivity contribution in [2.75, 3.05) is 40.1 Å². The van der Waals surface area contributed by atoms with E-state index in [1.807, 2.05) is 0 Å². The average molecular weight is 829 g/mol. The van der Waals surface area contributed by atoms with Gasteiger partial charge in [-0.05, 0) is 105 Å². The highest BCUT2D eigenvalue weighted by atomic mass is 16.5. The number of benzene rings is 1. The van der Waals surface area contributed by atoms with Crippen molar-refractivity contribution in [3.05, 3.63) is 23.3 Å². The standard InChI is InChI=1S/C46H72N2O11/c1-6-7-8-9-18-46(4,55)38-13-11-33-32-27-37(35-26-30(49)16-19-44(35,2)34(32)17-20-45(33,38)3)59-40(52)15-14-39(51)48-21-22-57-23-24-58-28-31(50)25-29-10-12-36(56-5)41(42(29)53)43(47)54/h10,12,30,32-35,37-38,49,53,55H,6-9,11,13-28H2,1-5H3,(H2,47,54)(H,48,51)/t30-,32-,33-,34-,35+,37-,38-,44+,45-,46-/m0/s1. The number of rotatable bonds is 22. The van der Waals surface area contributed by atoms with Crippen molar-refractivity contribution in [2.24, 2.45) is 46.2 Å². The number of primary amides is 1. The van der Waals surface area contributed by atoms with Crippen LogP contribution in [0.25, 0.3) is 0 Å². The van der Waals surface area contributed by atoms with Gasteiger partial charge in [0.15, 0.2) is 5.78 Å². The van der Waals surface area contributed by atoms with Gasteiger partial charge in [-0.25, -0.2) is 0 Å². The number of fused-ring (bicyclic) bond motifs is 5. The number of ether oxygens (including phenoxy) is 4. The largest absolute Gasteiger partial charge is 0.507 e. The zero-order valence-corrected chi connectivity index (χ0v) is 36.2. The van der Waals surface area contributed by atoms with E-state index in [9.17, 15) is 34.5 Å². The van der Waals surface area contributed by atoms with Crippen LogP contribution >= 0.6 is 0 Å². The molecule has 0 aliphatic heterocycles. The first-order valence-corrected chi connectivity index (χ1v) is 22.3. The number of carbonyl (C=O) groups is 4. The first-order valence-electron chi connectivity index (χ1n) is 22.3. The molecule has 4 saturated carbocycles. The summed E-state index contributed by atoms with van der Waals surface area (Å²) in [5, 5.41) is 35.9. The number of ketones is 1. The summed E-state index contributed by atoms with van der Waals surface area (Å²) in [5.74, 6) is -0.448. The molecule has 1 aromatic rings. The zero-order valence-electron chi connectivity index (χ0n) is 36.2. The molecule has 332 valence electrons. The number of methoxy groups -OCH3 is 1. The number of carbonyl (C=O) groups excluding carboxylic acids is 4. The molecular formula is C46H72N2O11. The third-order valence-corrected chi connectivity index (χ3v) is 15.0. The van der Waals surface area contributed by atoms with E-state index in [0.717, 1.165) is 64.2 Å². The Kier molecular flexibility index (Phi) is 16.3. The number of hydrogen-bond donors (Lipinski definition) is 5. The van der Waals surface area contributed by atoms with E-state index < -0.39 is 23.4 Å². The van der Waals surface area contributed by atoms with Crippen LogP contribution < -0.4 is 15.8 Å². The minimum absolute atomic E-state index is 0.00616. The lowest BCUT2D eigenvalue weighted by Crippen LogP contribution is -2.59. The summed E-state index contributed by atoms with van der Waals surface area (Å²) in [4.78, 5) is 50.1. The molecule has 4 fully saturated rings. The lowest BCUT2D eigenvalue weighted by molar-refractivity contribution is -0.197. The normalized spacial score (nSPS) is 30.9. The van der Waals surface area contributed by atoms with Crippen LogP contribution in [0.1, 0.15) is 140 Å². The monoisotopic (exact) mass is 829 g/mol. The van der Waals surface area contributed by atoms with Crippen LogP contribution in [-0.2, 0) is 35.0 Å². The van der Waals surface area contributed by atoms with E-state index in [0.29, 0.717) is 24.2 Å². The summed E-state index contributed by atoms with van der Waals surface area (Å²) in [5.41, 5.74) is 4.70. The Morgan fingerprint density at radius 2 is 1.64 bits per heavy atom. The van der Waals surface area contributed by atoms with E-state index in [1.165, 1.54) is 32.1 Å². The van der Waals surface area contributed by atoms with Crippen LogP contribution in [0.2, 0.25) is 0 Å². The number of aromatic hydroxyl groups is 1. The van der Waals surface area contributed by atoms with Gasteiger partial charge in [-0.15, -0.1) is 0 Å². The van der Waals surface area contributed by atoms with Gasteiger partial charge in [0.05, 0.1) is 45.1 Å². The summed E-state index contributed by atoms with van der Waals surface area (Å²) < 4.78 is 22.3. The van der Waals surface area contributed by atoms with E-state index in [2.05, 4.69) is 33.0 Å². The number of Topliss-reactive ketones (excluding diaryl/α,β-unsaturated/α-hetero) is 1. The highest BCUT2D eigenvalue weighted by Crippen LogP contribution is 2.69. The molecule has 0 unspecified atom stereocenters. The molecule has 10 atom stereocenters. The third kappa shape index (κ3) is 11.0. The summed E-state index contributed by atoms with van der Waals surface area (Å²) in [6.45, 7) is 9.64. The lowest BCUT2D eigenvalue weighted by Gasteiger charge is -2.63. The second-order valence-electron chi connectivity index (χ2n) is 18.8. The van der Waals surface area contributed by atoms with Crippen molar-refractivity contribution in [3.8, 4) is 11.5 Å². The predicted molar refractivity (Wildman–Crippen MR) is 222 cm³/mol. The number of amides is 2. The number of nitrogens with two attached hydrogens (primary N) is 1.